The summed E-state index contributed by atoms with van der Waals surface area (Å²) in [5.74, 6) is 1.34. The average molecular weight is 557 g/mol. The summed E-state index contributed by atoms with van der Waals surface area (Å²) in [5.41, 5.74) is 3.20. The number of aromatic nitrogens is 2. The summed E-state index contributed by atoms with van der Waals surface area (Å²) < 4.78 is 34.4. The molecule has 41 heavy (non-hydrogen) atoms. The van der Waals surface area contributed by atoms with Crippen LogP contribution in [-0.4, -0.2) is 52.3 Å². The summed E-state index contributed by atoms with van der Waals surface area (Å²) in [6, 6.07) is 15.4. The number of benzene rings is 3. The third kappa shape index (κ3) is 4.93. The molecule has 4 aromatic rings. The van der Waals surface area contributed by atoms with Crippen LogP contribution in [0.3, 0.4) is 0 Å². The number of methoxy groups -OCH3 is 1. The maximum Gasteiger partial charge on any atom is 0.335 e. The van der Waals surface area contributed by atoms with Crippen molar-refractivity contribution in [3.05, 3.63) is 82.4 Å². The molecule has 9 nitrogen and oxygen atoms in total. The number of piperidine rings is 1. The molecule has 0 radical (unpaired) electrons. The van der Waals surface area contributed by atoms with Crippen molar-refractivity contribution in [1.29, 1.82) is 5.26 Å². The van der Waals surface area contributed by atoms with Crippen molar-refractivity contribution in [3.8, 4) is 23.3 Å². The number of rotatable bonds is 6. The van der Waals surface area contributed by atoms with Crippen LogP contribution >= 0.6 is 0 Å². The summed E-state index contributed by atoms with van der Waals surface area (Å²) in [7, 11) is 3.41. The van der Waals surface area contributed by atoms with Gasteiger partial charge in [0.2, 0.25) is 0 Å². The third-order valence-electron chi connectivity index (χ3n) is 8.04. The SMILES string of the molecule is COc1cc(C(=O)O)cc2c1nc(CN1CCC(c3cccc4c3O[C@H](c3ccc(C#N)cc3F)CO4)CC1)n2C. The Labute approximate surface area is 236 Å². The van der Waals surface area contributed by atoms with Crippen LogP contribution in [0.1, 0.15) is 57.7 Å². The highest BCUT2D eigenvalue weighted by Crippen LogP contribution is 2.45. The summed E-state index contributed by atoms with van der Waals surface area (Å²) in [6.07, 6.45) is 1.19. The first kappa shape index (κ1) is 26.6. The number of nitrogens with zero attached hydrogens (tertiary/aromatic N) is 4. The lowest BCUT2D eigenvalue weighted by Crippen LogP contribution is -2.33. The van der Waals surface area contributed by atoms with Crippen molar-refractivity contribution in [3.63, 3.8) is 0 Å². The minimum Gasteiger partial charge on any atom is -0.494 e. The summed E-state index contributed by atoms with van der Waals surface area (Å²) >= 11 is 0. The van der Waals surface area contributed by atoms with Gasteiger partial charge >= 0.3 is 5.97 Å². The van der Waals surface area contributed by atoms with Crippen molar-refractivity contribution in [2.75, 3.05) is 26.8 Å². The first-order valence-corrected chi connectivity index (χ1v) is 13.5. The number of carboxylic acid groups (broad SMARTS) is 1. The first-order chi connectivity index (χ1) is 19.9. The Bertz CT molecular complexity index is 1690. The van der Waals surface area contributed by atoms with Crippen LogP contribution in [-0.2, 0) is 13.6 Å². The number of ether oxygens (including phenoxy) is 3. The zero-order chi connectivity index (χ0) is 28.7. The summed E-state index contributed by atoms with van der Waals surface area (Å²) in [6.45, 7) is 2.48. The molecule has 6 rings (SSSR count). The number of hydrogen-bond donors (Lipinski definition) is 1. The number of carboxylic acids is 1. The molecular weight excluding hydrogens is 527 g/mol. The number of fused-ring (bicyclic) bond motifs is 2. The fourth-order valence-corrected chi connectivity index (χ4v) is 5.77. The zero-order valence-corrected chi connectivity index (χ0v) is 22.8. The largest absolute Gasteiger partial charge is 0.494 e. The van der Waals surface area contributed by atoms with E-state index in [0.29, 0.717) is 40.4 Å². The quantitative estimate of drug-likeness (QED) is 0.346. The van der Waals surface area contributed by atoms with Crippen LogP contribution in [0, 0.1) is 17.1 Å². The van der Waals surface area contributed by atoms with Crippen LogP contribution in [0.4, 0.5) is 4.39 Å². The van der Waals surface area contributed by atoms with E-state index in [1.807, 2.05) is 29.8 Å². The molecule has 210 valence electrons. The number of aromatic carboxylic acids is 1. The Balaban J connectivity index is 1.17. The lowest BCUT2D eigenvalue weighted by molar-refractivity contribution is 0.0696. The van der Waals surface area contributed by atoms with Gasteiger partial charge in [0.1, 0.15) is 29.5 Å². The van der Waals surface area contributed by atoms with Gasteiger partial charge in [0.05, 0.1) is 36.4 Å². The Hall–Kier alpha value is -4.62. The number of hydrogen-bond acceptors (Lipinski definition) is 7. The van der Waals surface area contributed by atoms with Gasteiger partial charge in [0.25, 0.3) is 0 Å². The van der Waals surface area contributed by atoms with Gasteiger partial charge in [-0.05, 0) is 62.2 Å². The molecule has 1 atom stereocenters. The molecule has 3 aromatic carbocycles. The Kier molecular flexibility index (Phi) is 6.97. The van der Waals surface area contributed by atoms with Gasteiger partial charge in [0.15, 0.2) is 17.6 Å². The topological polar surface area (TPSA) is 110 Å². The standard InChI is InChI=1S/C31H29FN4O5/c1-35-24-13-20(31(37)38)14-26(39-2)29(24)34-28(35)16-36-10-8-19(9-11-36)21-4-3-5-25-30(21)41-27(17-40-25)22-7-6-18(15-33)12-23(22)32/h3-7,12-14,19,27H,8-11,16-17H2,1-2H3,(H,37,38)/t27-/m0/s1. The van der Waals surface area contributed by atoms with E-state index in [9.17, 15) is 14.3 Å². The molecule has 1 N–H and O–H groups in total. The fourth-order valence-electron chi connectivity index (χ4n) is 5.77. The number of para-hydroxylation sites is 1. The number of aryl methyl sites for hydroxylation is 1. The van der Waals surface area contributed by atoms with Gasteiger partial charge in [-0.1, -0.05) is 18.2 Å². The molecule has 2 aliphatic heterocycles. The number of imidazole rings is 1. The second-order valence-electron chi connectivity index (χ2n) is 10.4. The second kappa shape index (κ2) is 10.7. The van der Waals surface area contributed by atoms with Crippen LogP contribution in [0.5, 0.6) is 17.2 Å². The molecule has 2 aliphatic rings. The van der Waals surface area contributed by atoms with Crippen molar-refractivity contribution in [2.24, 2.45) is 7.05 Å². The molecule has 1 aromatic heterocycles. The van der Waals surface area contributed by atoms with Crippen LogP contribution in [0.25, 0.3) is 11.0 Å². The van der Waals surface area contributed by atoms with Crippen molar-refractivity contribution < 1.29 is 28.5 Å². The van der Waals surface area contributed by atoms with Gasteiger partial charge in [-0.25, -0.2) is 14.2 Å². The lowest BCUT2D eigenvalue weighted by Gasteiger charge is -2.35. The van der Waals surface area contributed by atoms with Gasteiger partial charge < -0.3 is 23.9 Å². The zero-order valence-electron chi connectivity index (χ0n) is 22.8. The smallest absolute Gasteiger partial charge is 0.335 e. The molecule has 3 heterocycles. The molecule has 0 amide bonds. The Morgan fingerprint density at radius 1 is 1.20 bits per heavy atom. The first-order valence-electron chi connectivity index (χ1n) is 13.5. The molecule has 0 unspecified atom stereocenters. The van der Waals surface area contributed by atoms with E-state index in [-0.39, 0.29) is 23.7 Å². The molecule has 0 bridgehead atoms. The van der Waals surface area contributed by atoms with Crippen LogP contribution in [0.15, 0.2) is 48.5 Å². The molecule has 10 heteroatoms. The van der Waals surface area contributed by atoms with Crippen molar-refractivity contribution in [2.45, 2.75) is 31.4 Å². The third-order valence-corrected chi connectivity index (χ3v) is 8.04. The average Bonchev–Trinajstić information content (AvgIpc) is 3.31. The van der Waals surface area contributed by atoms with E-state index >= 15 is 0 Å². The molecule has 1 saturated heterocycles. The minimum atomic E-state index is -1.01. The molecule has 0 aliphatic carbocycles. The van der Waals surface area contributed by atoms with E-state index in [1.54, 1.807) is 18.2 Å². The minimum absolute atomic E-state index is 0.159. The lowest BCUT2D eigenvalue weighted by atomic mass is 9.88. The number of halogens is 1. The Morgan fingerprint density at radius 2 is 2.00 bits per heavy atom. The molecular formula is C31H29FN4O5. The molecule has 0 spiro atoms. The normalized spacial score (nSPS) is 17.4. The van der Waals surface area contributed by atoms with E-state index < -0.39 is 17.9 Å². The number of likely N-dealkylation sites (tertiary alicyclic amines) is 1. The van der Waals surface area contributed by atoms with Gasteiger partial charge in [-0.2, -0.15) is 5.26 Å². The highest BCUT2D eigenvalue weighted by molar-refractivity contribution is 5.95. The van der Waals surface area contributed by atoms with Gasteiger partial charge in [0, 0.05) is 18.2 Å². The van der Waals surface area contributed by atoms with Crippen LogP contribution < -0.4 is 14.2 Å². The molecule has 1 fully saturated rings. The Morgan fingerprint density at radius 3 is 2.71 bits per heavy atom. The monoisotopic (exact) mass is 556 g/mol. The maximum absolute atomic E-state index is 14.7. The van der Waals surface area contributed by atoms with Gasteiger partial charge in [-0.3, -0.25) is 4.90 Å². The maximum atomic E-state index is 14.7. The predicted molar refractivity (Wildman–Crippen MR) is 148 cm³/mol. The summed E-state index contributed by atoms with van der Waals surface area (Å²) in [4.78, 5) is 18.7. The fraction of sp³-hybridized carbons (Fsp3) is 0.323. The highest BCUT2D eigenvalue weighted by Gasteiger charge is 2.31. The van der Waals surface area contributed by atoms with Crippen molar-refractivity contribution >= 4 is 17.0 Å². The van der Waals surface area contributed by atoms with E-state index in [1.165, 1.54) is 19.2 Å². The van der Waals surface area contributed by atoms with Gasteiger partial charge in [-0.15, -0.1) is 0 Å². The van der Waals surface area contributed by atoms with E-state index in [0.717, 1.165) is 37.3 Å². The van der Waals surface area contributed by atoms with E-state index in [4.69, 9.17) is 24.5 Å². The number of carbonyl (C=O) groups is 1. The van der Waals surface area contributed by atoms with Crippen LogP contribution in [0.2, 0.25) is 0 Å². The summed E-state index contributed by atoms with van der Waals surface area (Å²) in [5, 5.41) is 18.5. The highest BCUT2D eigenvalue weighted by atomic mass is 19.1. The van der Waals surface area contributed by atoms with Crippen molar-refractivity contribution in [1.82, 2.24) is 14.5 Å². The number of nitriles is 1. The van der Waals surface area contributed by atoms with E-state index in [2.05, 4.69) is 11.0 Å². The predicted octanol–water partition coefficient (Wildman–Crippen LogP) is 5.18. The molecule has 0 saturated carbocycles. The second-order valence-corrected chi connectivity index (χ2v) is 10.4.